The van der Waals surface area contributed by atoms with Gasteiger partial charge in [0, 0.05) is 31.2 Å². The van der Waals surface area contributed by atoms with E-state index in [2.05, 4.69) is 37.9 Å². The molecule has 1 atom stereocenters. The second-order valence-corrected chi connectivity index (χ2v) is 7.47. The first-order valence-corrected chi connectivity index (χ1v) is 8.01. The van der Waals surface area contributed by atoms with Crippen LogP contribution >= 0.6 is 0 Å². The third kappa shape index (κ3) is 4.27. The molecule has 1 aliphatic rings. The molecule has 1 heterocycles. The molecule has 1 fully saturated rings. The highest BCUT2D eigenvalue weighted by Crippen LogP contribution is 2.24. The third-order valence-electron chi connectivity index (χ3n) is 4.54. The summed E-state index contributed by atoms with van der Waals surface area (Å²) in [4.78, 5) is 2.54. The van der Waals surface area contributed by atoms with Gasteiger partial charge in [0.1, 0.15) is 5.82 Å². The SMILES string of the molecule is Cc1cc(F)ccc1CN1CC(CC(C)C)NCC1(C)C. The Morgan fingerprint density at radius 1 is 1.38 bits per heavy atom. The van der Waals surface area contributed by atoms with E-state index >= 15 is 0 Å². The second-order valence-electron chi connectivity index (χ2n) is 7.47. The van der Waals surface area contributed by atoms with E-state index in [0.717, 1.165) is 25.2 Å². The fourth-order valence-corrected chi connectivity index (χ4v) is 3.13. The molecular formula is C18H29FN2. The van der Waals surface area contributed by atoms with Gasteiger partial charge in [0.05, 0.1) is 0 Å². The number of hydrogen-bond donors (Lipinski definition) is 1. The molecule has 1 unspecified atom stereocenters. The average Bonchev–Trinajstić information content (AvgIpc) is 2.36. The highest BCUT2D eigenvalue weighted by atomic mass is 19.1. The Kier molecular flexibility index (Phi) is 5.05. The zero-order valence-corrected chi connectivity index (χ0v) is 14.0. The lowest BCUT2D eigenvalue weighted by atomic mass is 9.92. The van der Waals surface area contributed by atoms with Crippen LogP contribution in [0.5, 0.6) is 0 Å². The third-order valence-corrected chi connectivity index (χ3v) is 4.54. The lowest BCUT2D eigenvalue weighted by Crippen LogP contribution is -2.61. The topological polar surface area (TPSA) is 15.3 Å². The maximum absolute atomic E-state index is 13.3. The molecule has 118 valence electrons. The number of hydrogen-bond acceptors (Lipinski definition) is 2. The molecule has 0 amide bonds. The van der Waals surface area contributed by atoms with Gasteiger partial charge >= 0.3 is 0 Å². The Hall–Kier alpha value is -0.930. The first kappa shape index (κ1) is 16.4. The monoisotopic (exact) mass is 292 g/mol. The van der Waals surface area contributed by atoms with Gasteiger partial charge in [0.25, 0.3) is 0 Å². The van der Waals surface area contributed by atoms with Crippen LogP contribution in [0.4, 0.5) is 4.39 Å². The van der Waals surface area contributed by atoms with Crippen LogP contribution in [0, 0.1) is 18.7 Å². The van der Waals surface area contributed by atoms with Crippen molar-refractivity contribution in [2.24, 2.45) is 5.92 Å². The standard InChI is InChI=1S/C18H29FN2/c1-13(2)8-17-11-21(18(4,5)12-20-17)10-15-6-7-16(19)9-14(15)3/h6-7,9,13,17,20H,8,10-12H2,1-5H3. The lowest BCUT2D eigenvalue weighted by molar-refractivity contribution is 0.0534. The largest absolute Gasteiger partial charge is 0.311 e. The fraction of sp³-hybridized carbons (Fsp3) is 0.667. The summed E-state index contributed by atoms with van der Waals surface area (Å²) in [7, 11) is 0. The maximum Gasteiger partial charge on any atom is 0.123 e. The zero-order chi connectivity index (χ0) is 15.6. The van der Waals surface area contributed by atoms with Crippen molar-refractivity contribution in [3.8, 4) is 0 Å². The molecular weight excluding hydrogens is 263 g/mol. The van der Waals surface area contributed by atoms with Gasteiger partial charge in [-0.05, 0) is 56.4 Å². The van der Waals surface area contributed by atoms with Gasteiger partial charge < -0.3 is 5.32 Å². The first-order chi connectivity index (χ1) is 9.78. The minimum Gasteiger partial charge on any atom is -0.311 e. The van der Waals surface area contributed by atoms with Crippen molar-refractivity contribution >= 4 is 0 Å². The summed E-state index contributed by atoms with van der Waals surface area (Å²) in [5.74, 6) is 0.562. The second kappa shape index (κ2) is 6.45. The van der Waals surface area contributed by atoms with E-state index in [-0.39, 0.29) is 11.4 Å². The molecule has 0 saturated carbocycles. The Morgan fingerprint density at radius 3 is 2.71 bits per heavy atom. The highest BCUT2D eigenvalue weighted by molar-refractivity contribution is 5.26. The van der Waals surface area contributed by atoms with Crippen LogP contribution < -0.4 is 5.32 Å². The number of nitrogens with one attached hydrogen (secondary N) is 1. The number of halogens is 1. The van der Waals surface area contributed by atoms with Crippen LogP contribution in [0.25, 0.3) is 0 Å². The van der Waals surface area contributed by atoms with Crippen molar-refractivity contribution in [1.82, 2.24) is 10.2 Å². The summed E-state index contributed by atoms with van der Waals surface area (Å²) >= 11 is 0. The molecule has 0 aliphatic carbocycles. The number of benzene rings is 1. The summed E-state index contributed by atoms with van der Waals surface area (Å²) in [5.41, 5.74) is 2.41. The Bertz CT molecular complexity index is 482. The van der Waals surface area contributed by atoms with Gasteiger partial charge in [-0.3, -0.25) is 4.90 Å². The molecule has 1 saturated heterocycles. The lowest BCUT2D eigenvalue weighted by Gasteiger charge is -2.46. The molecule has 1 aliphatic heterocycles. The Balaban J connectivity index is 2.10. The molecule has 2 rings (SSSR count). The molecule has 0 spiro atoms. The van der Waals surface area contributed by atoms with E-state index in [0.29, 0.717) is 12.0 Å². The molecule has 0 aromatic heterocycles. The van der Waals surface area contributed by atoms with Crippen molar-refractivity contribution in [2.45, 2.75) is 59.2 Å². The van der Waals surface area contributed by atoms with Crippen LogP contribution in [-0.2, 0) is 6.54 Å². The minimum atomic E-state index is -0.145. The molecule has 3 heteroatoms. The van der Waals surface area contributed by atoms with E-state index in [1.165, 1.54) is 12.0 Å². The van der Waals surface area contributed by atoms with E-state index in [1.54, 1.807) is 12.1 Å². The van der Waals surface area contributed by atoms with Gasteiger partial charge in [0.15, 0.2) is 0 Å². The van der Waals surface area contributed by atoms with Crippen molar-refractivity contribution < 1.29 is 4.39 Å². The van der Waals surface area contributed by atoms with E-state index < -0.39 is 0 Å². The summed E-state index contributed by atoms with van der Waals surface area (Å²) < 4.78 is 13.3. The predicted molar refractivity (Wildman–Crippen MR) is 86.9 cm³/mol. The zero-order valence-electron chi connectivity index (χ0n) is 14.0. The van der Waals surface area contributed by atoms with E-state index in [1.807, 2.05) is 13.0 Å². The van der Waals surface area contributed by atoms with Crippen LogP contribution in [0.15, 0.2) is 18.2 Å². The number of nitrogens with zero attached hydrogens (tertiary/aromatic N) is 1. The van der Waals surface area contributed by atoms with Crippen LogP contribution in [0.3, 0.4) is 0 Å². The number of piperazine rings is 1. The molecule has 1 aromatic rings. The molecule has 1 aromatic carbocycles. The van der Waals surface area contributed by atoms with E-state index in [4.69, 9.17) is 0 Å². The summed E-state index contributed by atoms with van der Waals surface area (Å²) in [6, 6.07) is 5.69. The van der Waals surface area contributed by atoms with E-state index in [9.17, 15) is 4.39 Å². The Morgan fingerprint density at radius 2 is 2.10 bits per heavy atom. The summed E-state index contributed by atoms with van der Waals surface area (Å²) in [5, 5.41) is 3.68. The molecule has 1 N–H and O–H groups in total. The van der Waals surface area contributed by atoms with Gasteiger partial charge in [0.2, 0.25) is 0 Å². The maximum atomic E-state index is 13.3. The predicted octanol–water partition coefficient (Wildman–Crippen LogP) is 3.73. The summed E-state index contributed by atoms with van der Waals surface area (Å²) in [6.07, 6.45) is 1.20. The first-order valence-electron chi connectivity index (χ1n) is 8.01. The number of aryl methyl sites for hydroxylation is 1. The van der Waals surface area contributed by atoms with Gasteiger partial charge in [-0.2, -0.15) is 0 Å². The minimum absolute atomic E-state index is 0.133. The molecule has 2 nitrogen and oxygen atoms in total. The van der Waals surface area contributed by atoms with Crippen molar-refractivity contribution in [3.05, 3.63) is 35.1 Å². The van der Waals surface area contributed by atoms with Crippen LogP contribution in [0.2, 0.25) is 0 Å². The highest BCUT2D eigenvalue weighted by Gasteiger charge is 2.34. The van der Waals surface area contributed by atoms with Gasteiger partial charge in [-0.25, -0.2) is 4.39 Å². The van der Waals surface area contributed by atoms with Crippen LogP contribution in [0.1, 0.15) is 45.2 Å². The van der Waals surface area contributed by atoms with Crippen molar-refractivity contribution in [2.75, 3.05) is 13.1 Å². The average molecular weight is 292 g/mol. The smallest absolute Gasteiger partial charge is 0.123 e. The normalized spacial score (nSPS) is 22.7. The van der Waals surface area contributed by atoms with Gasteiger partial charge in [-0.15, -0.1) is 0 Å². The Labute approximate surface area is 128 Å². The molecule has 0 bridgehead atoms. The van der Waals surface area contributed by atoms with Crippen LogP contribution in [-0.4, -0.2) is 29.6 Å². The molecule has 21 heavy (non-hydrogen) atoms. The molecule has 0 radical (unpaired) electrons. The van der Waals surface area contributed by atoms with Crippen molar-refractivity contribution in [1.29, 1.82) is 0 Å². The van der Waals surface area contributed by atoms with Gasteiger partial charge in [-0.1, -0.05) is 19.9 Å². The fourth-order valence-electron chi connectivity index (χ4n) is 3.13. The number of rotatable bonds is 4. The summed E-state index contributed by atoms with van der Waals surface area (Å²) in [6.45, 7) is 14.1. The quantitative estimate of drug-likeness (QED) is 0.909. The van der Waals surface area contributed by atoms with Crippen molar-refractivity contribution in [3.63, 3.8) is 0 Å².